The van der Waals surface area contributed by atoms with Crippen LogP contribution in [0.3, 0.4) is 0 Å². The van der Waals surface area contributed by atoms with Crippen molar-refractivity contribution >= 4 is 25.7 Å². The van der Waals surface area contributed by atoms with Gasteiger partial charge in [-0.2, -0.15) is 0 Å². The normalized spacial score (nSPS) is 13.9. The number of ether oxygens (including phenoxy) is 3. The van der Waals surface area contributed by atoms with Crippen LogP contribution in [0.15, 0.2) is 60.8 Å². The van der Waals surface area contributed by atoms with Gasteiger partial charge in [-0.05, 0) is 83.5 Å². The molecule has 12 heteroatoms. The van der Waals surface area contributed by atoms with Gasteiger partial charge in [-0.3, -0.25) is 23.4 Å². The lowest BCUT2D eigenvalue weighted by Crippen LogP contribution is -2.30. The molecule has 0 aliphatic heterocycles. The van der Waals surface area contributed by atoms with E-state index in [-0.39, 0.29) is 25.9 Å². The predicted octanol–water partition coefficient (Wildman–Crippen LogP) is 15.6. The molecule has 0 aliphatic carbocycles. The Morgan fingerprint density at radius 2 is 0.765 bits per heavy atom. The Hall–Kier alpha value is -2.82. The van der Waals surface area contributed by atoms with Crippen LogP contribution in [0.25, 0.3) is 0 Å². The van der Waals surface area contributed by atoms with Crippen LogP contribution in [0.5, 0.6) is 0 Å². The Morgan fingerprint density at radius 1 is 0.426 bits per heavy atom. The fourth-order valence-electron chi connectivity index (χ4n) is 7.28. The number of esters is 3. The van der Waals surface area contributed by atoms with Gasteiger partial charge in [-0.25, -0.2) is 4.57 Å². The third-order valence-electron chi connectivity index (χ3n) is 11.4. The molecule has 0 saturated heterocycles. The predicted molar refractivity (Wildman–Crippen MR) is 279 cm³/mol. The summed E-state index contributed by atoms with van der Waals surface area (Å²) in [5.74, 6) is -1.50. The van der Waals surface area contributed by atoms with E-state index in [2.05, 4.69) is 81.5 Å². The molecule has 0 radical (unpaired) electrons. The van der Waals surface area contributed by atoms with Crippen molar-refractivity contribution in [1.29, 1.82) is 0 Å². The first-order chi connectivity index (χ1) is 33.2. The van der Waals surface area contributed by atoms with E-state index < -0.39 is 57.8 Å². The van der Waals surface area contributed by atoms with Crippen LogP contribution < -0.4 is 0 Å². The number of phosphoric ester groups is 1. The molecule has 2 N–H and O–H groups in total. The van der Waals surface area contributed by atoms with Gasteiger partial charge in [0, 0.05) is 19.3 Å². The average Bonchev–Trinajstić information content (AvgIpc) is 3.32. The lowest BCUT2D eigenvalue weighted by Gasteiger charge is -2.21. The summed E-state index contributed by atoms with van der Waals surface area (Å²) < 4.78 is 39.3. The third-order valence-corrected chi connectivity index (χ3v) is 12.4. The molecule has 0 fully saturated rings. The summed E-state index contributed by atoms with van der Waals surface area (Å²) in [6, 6.07) is 0. The van der Waals surface area contributed by atoms with Crippen LogP contribution in [0, 0.1) is 0 Å². The number of rotatable bonds is 50. The summed E-state index contributed by atoms with van der Waals surface area (Å²) in [4.78, 5) is 48.3. The minimum atomic E-state index is -4.75. The summed E-state index contributed by atoms with van der Waals surface area (Å²) in [6.07, 6.45) is 53.4. The average molecular weight is 979 g/mol. The van der Waals surface area contributed by atoms with Crippen molar-refractivity contribution in [3.05, 3.63) is 60.8 Å². The van der Waals surface area contributed by atoms with Crippen molar-refractivity contribution in [3.63, 3.8) is 0 Å². The van der Waals surface area contributed by atoms with Gasteiger partial charge in [-0.1, -0.05) is 197 Å². The molecule has 68 heavy (non-hydrogen) atoms. The number of carbonyl (C=O) groups is 3. The van der Waals surface area contributed by atoms with Crippen molar-refractivity contribution in [2.24, 2.45) is 0 Å². The molecule has 394 valence electrons. The van der Waals surface area contributed by atoms with Gasteiger partial charge in [0.1, 0.15) is 12.7 Å². The molecule has 0 aromatic carbocycles. The summed E-state index contributed by atoms with van der Waals surface area (Å²) in [7, 11) is -4.75. The Kier molecular flexibility index (Phi) is 48.5. The molecule has 0 rings (SSSR count). The van der Waals surface area contributed by atoms with E-state index in [0.29, 0.717) is 19.3 Å². The zero-order valence-electron chi connectivity index (χ0n) is 43.3. The fraction of sp³-hybridized carbons (Fsp3) is 0.768. The van der Waals surface area contributed by atoms with Crippen LogP contribution in [-0.2, 0) is 42.2 Å². The number of aliphatic hydroxyl groups excluding tert-OH is 1. The fourth-order valence-corrected chi connectivity index (χ4v) is 8.07. The molecule has 0 amide bonds. The van der Waals surface area contributed by atoms with E-state index in [1.54, 1.807) is 0 Å². The molecule has 0 saturated carbocycles. The molecule has 0 aliphatic rings. The maximum absolute atomic E-state index is 12.9. The number of hydrogen-bond donors (Lipinski definition) is 2. The molecule has 0 heterocycles. The van der Waals surface area contributed by atoms with E-state index in [1.807, 2.05) is 0 Å². The molecule has 0 aromatic heterocycles. The summed E-state index contributed by atoms with van der Waals surface area (Å²) >= 11 is 0. The second-order valence-corrected chi connectivity index (χ2v) is 19.5. The topological polar surface area (TPSA) is 155 Å². The molecule has 0 bridgehead atoms. The number of hydrogen-bond acceptors (Lipinski definition) is 10. The number of carbonyl (C=O) groups excluding carboxylic acids is 3. The largest absolute Gasteiger partial charge is 0.472 e. The first-order valence-electron chi connectivity index (χ1n) is 27.2. The van der Waals surface area contributed by atoms with Crippen molar-refractivity contribution in [3.8, 4) is 0 Å². The first-order valence-corrected chi connectivity index (χ1v) is 28.7. The van der Waals surface area contributed by atoms with E-state index >= 15 is 0 Å². The first kappa shape index (κ1) is 65.2. The van der Waals surface area contributed by atoms with Crippen LogP contribution in [0.4, 0.5) is 0 Å². The van der Waals surface area contributed by atoms with Gasteiger partial charge in [0.05, 0.1) is 19.8 Å². The van der Waals surface area contributed by atoms with Crippen LogP contribution in [0.2, 0.25) is 0 Å². The standard InChI is InChI=1S/C56H99O11P/c1-4-7-10-13-16-19-21-23-24-25-26-27-28-30-32-35-38-41-44-47-56(60)67-53(49-63-54(58)45-42-39-36-33-18-15-12-9-6-3)51-65-68(61,62)64-50-52(48-57)66-55(59)46-43-40-37-34-31-29-22-20-17-14-11-8-5-2/h8,11,16-17,19-20,23-24,29,31,52-53,57H,4-7,9-10,12-15,18,21-22,25-28,30,32-51H2,1-3H3,(H,61,62)/b11-8-,19-16-,20-17-,24-23-,31-29-. The Bertz CT molecular complexity index is 1370. The maximum atomic E-state index is 12.9. The van der Waals surface area contributed by atoms with Gasteiger partial charge in [0.15, 0.2) is 6.10 Å². The number of allylic oxidation sites excluding steroid dienone is 10. The lowest BCUT2D eigenvalue weighted by atomic mass is 10.1. The molecule has 3 atom stereocenters. The maximum Gasteiger partial charge on any atom is 0.472 e. The summed E-state index contributed by atoms with van der Waals surface area (Å²) in [5, 5.41) is 9.77. The van der Waals surface area contributed by atoms with Gasteiger partial charge < -0.3 is 24.2 Å². The lowest BCUT2D eigenvalue weighted by molar-refractivity contribution is -0.161. The van der Waals surface area contributed by atoms with Crippen molar-refractivity contribution < 1.29 is 52.2 Å². The molecular formula is C56H99O11P. The molecular weight excluding hydrogens is 880 g/mol. The van der Waals surface area contributed by atoms with Crippen molar-refractivity contribution in [2.45, 2.75) is 251 Å². The molecule has 11 nitrogen and oxygen atoms in total. The highest BCUT2D eigenvalue weighted by molar-refractivity contribution is 7.47. The Morgan fingerprint density at radius 3 is 1.22 bits per heavy atom. The zero-order valence-corrected chi connectivity index (χ0v) is 44.2. The van der Waals surface area contributed by atoms with E-state index in [0.717, 1.165) is 89.9 Å². The molecule has 0 spiro atoms. The highest BCUT2D eigenvalue weighted by atomic mass is 31.2. The Balaban J connectivity index is 4.68. The van der Waals surface area contributed by atoms with Crippen LogP contribution in [-0.4, -0.2) is 66.5 Å². The van der Waals surface area contributed by atoms with Crippen molar-refractivity contribution in [1.82, 2.24) is 0 Å². The van der Waals surface area contributed by atoms with Crippen molar-refractivity contribution in [2.75, 3.05) is 26.4 Å². The molecule has 0 aromatic rings. The highest BCUT2D eigenvalue weighted by Gasteiger charge is 2.28. The van der Waals surface area contributed by atoms with Gasteiger partial charge in [0.25, 0.3) is 0 Å². The summed E-state index contributed by atoms with van der Waals surface area (Å²) in [5.41, 5.74) is 0. The van der Waals surface area contributed by atoms with Gasteiger partial charge >= 0.3 is 25.7 Å². The second-order valence-electron chi connectivity index (χ2n) is 18.0. The summed E-state index contributed by atoms with van der Waals surface area (Å²) in [6.45, 7) is 4.44. The monoisotopic (exact) mass is 979 g/mol. The van der Waals surface area contributed by atoms with Crippen LogP contribution >= 0.6 is 7.82 Å². The van der Waals surface area contributed by atoms with E-state index in [1.165, 1.54) is 89.9 Å². The second kappa shape index (κ2) is 50.6. The minimum Gasteiger partial charge on any atom is -0.462 e. The SMILES string of the molecule is CC/C=C\C/C=C\C/C=C\CCCCCC(=O)OC(CO)COP(=O)(O)OCC(COC(=O)CCCCCCCCCCC)OC(=O)CCCCCCCCCCC/C=C\C/C=C\CCCCC. The smallest absolute Gasteiger partial charge is 0.462 e. The minimum absolute atomic E-state index is 0.142. The van der Waals surface area contributed by atoms with Gasteiger partial charge in [-0.15, -0.1) is 0 Å². The highest BCUT2D eigenvalue weighted by Crippen LogP contribution is 2.43. The van der Waals surface area contributed by atoms with E-state index in [9.17, 15) is 28.9 Å². The van der Waals surface area contributed by atoms with Crippen LogP contribution in [0.1, 0.15) is 239 Å². The Labute approximate surface area is 415 Å². The number of phosphoric acid groups is 1. The third kappa shape index (κ3) is 48.2. The van der Waals surface area contributed by atoms with E-state index in [4.69, 9.17) is 23.3 Å². The van der Waals surface area contributed by atoms with Gasteiger partial charge in [0.2, 0.25) is 0 Å². The quantitative estimate of drug-likeness (QED) is 0.0197. The molecule has 3 unspecified atom stereocenters. The number of aliphatic hydroxyl groups is 1. The zero-order chi connectivity index (χ0) is 49.9. The number of unbranched alkanes of at least 4 members (excludes halogenated alkanes) is 23.